The van der Waals surface area contributed by atoms with Crippen LogP contribution in [-0.2, 0) is 4.74 Å². The van der Waals surface area contributed by atoms with E-state index in [4.69, 9.17) is 16.3 Å². The van der Waals surface area contributed by atoms with E-state index in [1.807, 2.05) is 35.7 Å². The van der Waals surface area contributed by atoms with E-state index in [-0.39, 0.29) is 6.04 Å². The Bertz CT molecular complexity index is 859. The van der Waals surface area contributed by atoms with Gasteiger partial charge in [0.05, 0.1) is 30.9 Å². The molecule has 0 radical (unpaired) electrons. The fourth-order valence-corrected chi connectivity index (χ4v) is 4.12. The highest BCUT2D eigenvalue weighted by molar-refractivity contribution is 7.10. The molecule has 0 bridgehead atoms. The minimum Gasteiger partial charge on any atom is -0.387 e. The van der Waals surface area contributed by atoms with Gasteiger partial charge in [-0.15, -0.1) is 11.3 Å². The average Bonchev–Trinajstić information content (AvgIpc) is 3.16. The molecule has 0 amide bonds. The number of anilines is 1. The van der Waals surface area contributed by atoms with Crippen molar-refractivity contribution in [1.82, 2.24) is 9.97 Å². The zero-order valence-corrected chi connectivity index (χ0v) is 15.1. The Kier molecular flexibility index (Phi) is 4.85. The molecule has 1 aromatic carbocycles. The molecule has 0 spiro atoms. The van der Waals surface area contributed by atoms with Crippen LogP contribution in [0.25, 0.3) is 10.9 Å². The third kappa shape index (κ3) is 3.48. The van der Waals surface area contributed by atoms with E-state index in [1.54, 1.807) is 17.7 Å². The Morgan fingerprint density at radius 2 is 2.28 bits per heavy atom. The molecule has 2 unspecified atom stereocenters. The number of aromatic nitrogens is 2. The molecule has 3 aromatic rings. The van der Waals surface area contributed by atoms with Gasteiger partial charge < -0.3 is 14.7 Å². The van der Waals surface area contributed by atoms with Crippen molar-refractivity contribution in [2.45, 2.75) is 18.6 Å². The molecule has 3 heterocycles. The SMILES string of the molecule is OC(CC1COCCN1c1ncnc2cc(Cl)ccc12)c1cccs1. The molecule has 5 nitrogen and oxygen atoms in total. The quantitative estimate of drug-likeness (QED) is 0.753. The molecule has 2 atom stereocenters. The van der Waals surface area contributed by atoms with Crippen LogP contribution >= 0.6 is 22.9 Å². The summed E-state index contributed by atoms with van der Waals surface area (Å²) in [6, 6.07) is 9.63. The fraction of sp³-hybridized carbons (Fsp3) is 0.333. The fourth-order valence-electron chi connectivity index (χ4n) is 3.23. The Morgan fingerprint density at radius 3 is 3.12 bits per heavy atom. The standard InChI is InChI=1S/C18H18ClN3O2S/c19-12-3-4-14-15(8-12)20-11-21-18(14)22-5-6-24-10-13(22)9-16(23)17-2-1-7-25-17/h1-4,7-8,11,13,16,23H,5-6,9-10H2. The highest BCUT2D eigenvalue weighted by Crippen LogP contribution is 2.31. The van der Waals surface area contributed by atoms with Crippen LogP contribution in [0.5, 0.6) is 0 Å². The topological polar surface area (TPSA) is 58.5 Å². The van der Waals surface area contributed by atoms with Gasteiger partial charge in [0.25, 0.3) is 0 Å². The summed E-state index contributed by atoms with van der Waals surface area (Å²) in [4.78, 5) is 12.0. The van der Waals surface area contributed by atoms with Gasteiger partial charge in [0, 0.05) is 28.3 Å². The van der Waals surface area contributed by atoms with Crippen molar-refractivity contribution in [1.29, 1.82) is 0 Å². The average molecular weight is 376 g/mol. The lowest BCUT2D eigenvalue weighted by molar-refractivity contribution is 0.0686. The van der Waals surface area contributed by atoms with Crippen molar-refractivity contribution < 1.29 is 9.84 Å². The smallest absolute Gasteiger partial charge is 0.140 e. The zero-order chi connectivity index (χ0) is 17.2. The third-order valence-corrected chi connectivity index (χ3v) is 5.65. The zero-order valence-electron chi connectivity index (χ0n) is 13.5. The molecule has 7 heteroatoms. The van der Waals surface area contributed by atoms with E-state index < -0.39 is 6.10 Å². The van der Waals surface area contributed by atoms with Gasteiger partial charge >= 0.3 is 0 Å². The summed E-state index contributed by atoms with van der Waals surface area (Å²) >= 11 is 7.66. The molecule has 1 fully saturated rings. The van der Waals surface area contributed by atoms with Gasteiger partial charge in [-0.05, 0) is 29.6 Å². The number of hydrogen-bond acceptors (Lipinski definition) is 6. The second-order valence-electron chi connectivity index (χ2n) is 6.05. The number of fused-ring (bicyclic) bond motifs is 1. The summed E-state index contributed by atoms with van der Waals surface area (Å²) in [6.45, 7) is 1.95. The molecule has 2 aromatic heterocycles. The molecular weight excluding hydrogens is 358 g/mol. The number of thiophene rings is 1. The van der Waals surface area contributed by atoms with E-state index in [0.29, 0.717) is 24.7 Å². The summed E-state index contributed by atoms with van der Waals surface area (Å²) in [6.07, 6.45) is 1.66. The maximum absolute atomic E-state index is 10.6. The summed E-state index contributed by atoms with van der Waals surface area (Å²) < 4.78 is 5.67. The first-order valence-electron chi connectivity index (χ1n) is 8.18. The number of nitrogens with zero attached hydrogens (tertiary/aromatic N) is 3. The van der Waals surface area contributed by atoms with Crippen molar-refractivity contribution >= 4 is 39.7 Å². The summed E-state index contributed by atoms with van der Waals surface area (Å²) in [5.74, 6) is 0.869. The largest absolute Gasteiger partial charge is 0.387 e. The summed E-state index contributed by atoms with van der Waals surface area (Å²) in [7, 11) is 0. The van der Waals surface area contributed by atoms with Crippen molar-refractivity contribution in [3.63, 3.8) is 0 Å². The number of aliphatic hydroxyl groups excluding tert-OH is 1. The van der Waals surface area contributed by atoms with Crippen LogP contribution in [0.2, 0.25) is 5.02 Å². The number of benzene rings is 1. The van der Waals surface area contributed by atoms with Crippen LogP contribution in [0.1, 0.15) is 17.4 Å². The van der Waals surface area contributed by atoms with E-state index >= 15 is 0 Å². The lowest BCUT2D eigenvalue weighted by atomic mass is 10.1. The summed E-state index contributed by atoms with van der Waals surface area (Å²) in [5.41, 5.74) is 0.821. The molecule has 1 aliphatic rings. The summed E-state index contributed by atoms with van der Waals surface area (Å²) in [5, 5.41) is 14.2. The molecule has 1 N–H and O–H groups in total. The van der Waals surface area contributed by atoms with Gasteiger partial charge in [-0.25, -0.2) is 9.97 Å². The van der Waals surface area contributed by atoms with Gasteiger partial charge in [-0.3, -0.25) is 0 Å². The molecule has 4 rings (SSSR count). The highest BCUT2D eigenvalue weighted by atomic mass is 35.5. The van der Waals surface area contributed by atoms with Crippen LogP contribution in [0, 0.1) is 0 Å². The number of hydrogen-bond donors (Lipinski definition) is 1. The second-order valence-corrected chi connectivity index (χ2v) is 7.46. The van der Waals surface area contributed by atoms with Gasteiger partial charge in [0.1, 0.15) is 12.1 Å². The van der Waals surface area contributed by atoms with Crippen LogP contribution in [0.3, 0.4) is 0 Å². The number of aliphatic hydroxyl groups is 1. The van der Waals surface area contributed by atoms with E-state index in [9.17, 15) is 5.11 Å². The third-order valence-electron chi connectivity index (χ3n) is 4.44. The lowest BCUT2D eigenvalue weighted by Gasteiger charge is -2.37. The van der Waals surface area contributed by atoms with Gasteiger partial charge in [-0.2, -0.15) is 0 Å². The highest BCUT2D eigenvalue weighted by Gasteiger charge is 2.28. The predicted octanol–water partition coefficient (Wildman–Crippen LogP) is 3.67. The number of halogens is 1. The molecule has 0 aliphatic carbocycles. The van der Waals surface area contributed by atoms with E-state index in [1.165, 1.54) is 0 Å². The Hall–Kier alpha value is -1.73. The molecule has 1 aliphatic heterocycles. The molecular formula is C18H18ClN3O2S. The maximum Gasteiger partial charge on any atom is 0.140 e. The number of morpholine rings is 1. The van der Waals surface area contributed by atoms with Gasteiger partial charge in [-0.1, -0.05) is 17.7 Å². The Balaban J connectivity index is 1.65. The first-order chi connectivity index (χ1) is 12.2. The minimum atomic E-state index is -0.503. The molecule has 1 saturated heterocycles. The Morgan fingerprint density at radius 1 is 1.36 bits per heavy atom. The van der Waals surface area contributed by atoms with Gasteiger partial charge in [0.15, 0.2) is 0 Å². The predicted molar refractivity (Wildman–Crippen MR) is 100 cm³/mol. The molecule has 0 saturated carbocycles. The van der Waals surface area contributed by atoms with Crippen molar-refractivity contribution in [3.8, 4) is 0 Å². The van der Waals surface area contributed by atoms with Gasteiger partial charge in [0.2, 0.25) is 0 Å². The van der Waals surface area contributed by atoms with Crippen LogP contribution in [-0.4, -0.2) is 40.9 Å². The van der Waals surface area contributed by atoms with Crippen molar-refractivity contribution in [3.05, 3.63) is 51.9 Å². The monoisotopic (exact) mass is 375 g/mol. The first kappa shape index (κ1) is 16.7. The van der Waals surface area contributed by atoms with Crippen LogP contribution in [0.4, 0.5) is 5.82 Å². The minimum absolute atomic E-state index is 0.0552. The number of ether oxygens (including phenoxy) is 1. The normalized spacial score (nSPS) is 19.3. The molecule has 130 valence electrons. The lowest BCUT2D eigenvalue weighted by Crippen LogP contribution is -2.46. The maximum atomic E-state index is 10.6. The second kappa shape index (κ2) is 7.25. The molecule has 25 heavy (non-hydrogen) atoms. The van der Waals surface area contributed by atoms with Crippen LogP contribution < -0.4 is 4.90 Å². The van der Waals surface area contributed by atoms with Crippen molar-refractivity contribution in [2.75, 3.05) is 24.7 Å². The van der Waals surface area contributed by atoms with E-state index in [0.717, 1.165) is 28.1 Å². The van der Waals surface area contributed by atoms with Crippen LogP contribution in [0.15, 0.2) is 42.0 Å². The first-order valence-corrected chi connectivity index (χ1v) is 9.44. The number of rotatable bonds is 4. The van der Waals surface area contributed by atoms with E-state index in [2.05, 4.69) is 14.9 Å². The Labute approximate surface area is 154 Å². The van der Waals surface area contributed by atoms with Crippen molar-refractivity contribution in [2.24, 2.45) is 0 Å².